The lowest BCUT2D eigenvalue weighted by molar-refractivity contribution is -0.122. The molecule has 102 valence electrons. The predicted octanol–water partition coefficient (Wildman–Crippen LogP) is 0.409. The highest BCUT2D eigenvalue weighted by Crippen LogP contribution is 2.26. The SMILES string of the molecule is COc1ccc(C(=O)NC2CCC(=O)NC2)cc1O. The van der Waals surface area contributed by atoms with E-state index in [9.17, 15) is 14.7 Å². The maximum Gasteiger partial charge on any atom is 0.251 e. The Morgan fingerprint density at radius 2 is 2.32 bits per heavy atom. The fourth-order valence-electron chi connectivity index (χ4n) is 1.96. The Kier molecular flexibility index (Phi) is 3.89. The van der Waals surface area contributed by atoms with E-state index in [2.05, 4.69) is 10.6 Å². The van der Waals surface area contributed by atoms with Crippen LogP contribution < -0.4 is 15.4 Å². The lowest BCUT2D eigenvalue weighted by Gasteiger charge is -2.23. The van der Waals surface area contributed by atoms with Crippen LogP contribution in [0.1, 0.15) is 23.2 Å². The number of amides is 2. The van der Waals surface area contributed by atoms with E-state index in [1.165, 1.54) is 19.2 Å². The van der Waals surface area contributed by atoms with Crippen molar-refractivity contribution in [2.45, 2.75) is 18.9 Å². The summed E-state index contributed by atoms with van der Waals surface area (Å²) in [4.78, 5) is 23.0. The summed E-state index contributed by atoms with van der Waals surface area (Å²) in [7, 11) is 1.44. The normalized spacial score (nSPS) is 18.6. The number of rotatable bonds is 3. The third-order valence-electron chi connectivity index (χ3n) is 3.04. The van der Waals surface area contributed by atoms with Crippen LogP contribution >= 0.6 is 0 Å². The van der Waals surface area contributed by atoms with Gasteiger partial charge in [0.15, 0.2) is 11.5 Å². The molecular formula is C13H16N2O4. The van der Waals surface area contributed by atoms with E-state index in [1.807, 2.05) is 0 Å². The molecular weight excluding hydrogens is 248 g/mol. The second-order valence-electron chi connectivity index (χ2n) is 4.40. The summed E-state index contributed by atoms with van der Waals surface area (Å²) in [5.74, 6) is -0.0275. The van der Waals surface area contributed by atoms with Gasteiger partial charge in [0, 0.05) is 24.6 Å². The molecule has 1 saturated heterocycles. The first-order valence-electron chi connectivity index (χ1n) is 6.04. The van der Waals surface area contributed by atoms with Gasteiger partial charge in [-0.05, 0) is 24.6 Å². The van der Waals surface area contributed by atoms with Gasteiger partial charge < -0.3 is 20.5 Å². The zero-order valence-corrected chi connectivity index (χ0v) is 10.6. The molecule has 1 aromatic rings. The van der Waals surface area contributed by atoms with Gasteiger partial charge in [-0.1, -0.05) is 0 Å². The van der Waals surface area contributed by atoms with Crippen molar-refractivity contribution >= 4 is 11.8 Å². The molecule has 1 fully saturated rings. The summed E-state index contributed by atoms with van der Waals surface area (Å²) >= 11 is 0. The van der Waals surface area contributed by atoms with Crippen LogP contribution in [0.5, 0.6) is 11.5 Å². The first kappa shape index (κ1) is 13.2. The van der Waals surface area contributed by atoms with Crippen LogP contribution in [0.2, 0.25) is 0 Å². The average Bonchev–Trinajstić information content (AvgIpc) is 2.41. The molecule has 1 atom stereocenters. The standard InChI is InChI=1S/C13H16N2O4/c1-19-11-4-2-8(6-10(11)16)13(18)15-9-3-5-12(17)14-7-9/h2,4,6,9,16H,3,5,7H2,1H3,(H,14,17)(H,15,18). The summed E-state index contributed by atoms with van der Waals surface area (Å²) in [5, 5.41) is 15.1. The Morgan fingerprint density at radius 1 is 1.53 bits per heavy atom. The van der Waals surface area contributed by atoms with Gasteiger partial charge in [-0.3, -0.25) is 9.59 Å². The second-order valence-corrected chi connectivity index (χ2v) is 4.40. The molecule has 1 unspecified atom stereocenters. The number of hydrogen-bond acceptors (Lipinski definition) is 4. The van der Waals surface area contributed by atoms with E-state index < -0.39 is 0 Å². The molecule has 0 spiro atoms. The number of carbonyl (C=O) groups excluding carboxylic acids is 2. The Hall–Kier alpha value is -2.24. The number of ether oxygens (including phenoxy) is 1. The first-order chi connectivity index (χ1) is 9.10. The number of hydrogen-bond donors (Lipinski definition) is 3. The van der Waals surface area contributed by atoms with Crippen LogP contribution in [0, 0.1) is 0 Å². The maximum atomic E-state index is 12.0. The van der Waals surface area contributed by atoms with Crippen LogP contribution in [0.15, 0.2) is 18.2 Å². The predicted molar refractivity (Wildman–Crippen MR) is 68.2 cm³/mol. The molecule has 3 N–H and O–H groups in total. The van der Waals surface area contributed by atoms with E-state index in [0.717, 1.165) is 0 Å². The van der Waals surface area contributed by atoms with Crippen molar-refractivity contribution in [3.63, 3.8) is 0 Å². The summed E-state index contributed by atoms with van der Waals surface area (Å²) in [6.07, 6.45) is 1.04. The van der Waals surface area contributed by atoms with E-state index in [1.54, 1.807) is 6.07 Å². The number of benzene rings is 1. The van der Waals surface area contributed by atoms with Gasteiger partial charge in [-0.2, -0.15) is 0 Å². The summed E-state index contributed by atoms with van der Waals surface area (Å²) in [5.41, 5.74) is 0.357. The lowest BCUT2D eigenvalue weighted by atomic mass is 10.1. The molecule has 0 aliphatic carbocycles. The van der Waals surface area contributed by atoms with Crippen LogP contribution in [-0.2, 0) is 4.79 Å². The van der Waals surface area contributed by atoms with Gasteiger partial charge >= 0.3 is 0 Å². The molecule has 0 bridgehead atoms. The fraction of sp³-hybridized carbons (Fsp3) is 0.385. The van der Waals surface area contributed by atoms with Gasteiger partial charge in [-0.25, -0.2) is 0 Å². The Balaban J connectivity index is 2.00. The molecule has 1 aromatic carbocycles. The topological polar surface area (TPSA) is 87.7 Å². The van der Waals surface area contributed by atoms with E-state index in [-0.39, 0.29) is 23.6 Å². The smallest absolute Gasteiger partial charge is 0.251 e. The number of methoxy groups -OCH3 is 1. The maximum absolute atomic E-state index is 12.0. The van der Waals surface area contributed by atoms with Gasteiger partial charge in [0.2, 0.25) is 5.91 Å². The zero-order chi connectivity index (χ0) is 13.8. The third-order valence-corrected chi connectivity index (χ3v) is 3.04. The highest BCUT2D eigenvalue weighted by molar-refractivity contribution is 5.95. The third kappa shape index (κ3) is 3.15. The van der Waals surface area contributed by atoms with Crippen molar-refractivity contribution in [1.82, 2.24) is 10.6 Å². The number of piperidine rings is 1. The fourth-order valence-corrected chi connectivity index (χ4v) is 1.96. The Morgan fingerprint density at radius 3 is 2.89 bits per heavy atom. The van der Waals surface area contributed by atoms with E-state index in [0.29, 0.717) is 30.7 Å². The largest absolute Gasteiger partial charge is 0.504 e. The summed E-state index contributed by atoms with van der Waals surface area (Å²) in [6.45, 7) is 0.437. The minimum atomic E-state index is -0.279. The number of phenols is 1. The molecule has 6 heteroatoms. The second kappa shape index (κ2) is 5.60. The number of aromatic hydroxyl groups is 1. The molecule has 6 nitrogen and oxygen atoms in total. The highest BCUT2D eigenvalue weighted by Gasteiger charge is 2.20. The van der Waals surface area contributed by atoms with Crippen molar-refractivity contribution < 1.29 is 19.4 Å². The van der Waals surface area contributed by atoms with Crippen molar-refractivity contribution in [3.05, 3.63) is 23.8 Å². The molecule has 1 heterocycles. The van der Waals surface area contributed by atoms with E-state index >= 15 is 0 Å². The van der Waals surface area contributed by atoms with Crippen molar-refractivity contribution in [1.29, 1.82) is 0 Å². The van der Waals surface area contributed by atoms with Gasteiger partial charge in [-0.15, -0.1) is 0 Å². The lowest BCUT2D eigenvalue weighted by Crippen LogP contribution is -2.47. The minimum Gasteiger partial charge on any atom is -0.504 e. The Bertz CT molecular complexity index is 491. The van der Waals surface area contributed by atoms with Crippen LogP contribution in [0.25, 0.3) is 0 Å². The molecule has 1 aliphatic heterocycles. The van der Waals surface area contributed by atoms with Gasteiger partial charge in [0.1, 0.15) is 0 Å². The minimum absolute atomic E-state index is 0.00703. The van der Waals surface area contributed by atoms with Crippen molar-refractivity contribution in [2.24, 2.45) is 0 Å². The van der Waals surface area contributed by atoms with Crippen LogP contribution in [-0.4, -0.2) is 36.6 Å². The van der Waals surface area contributed by atoms with Gasteiger partial charge in [0.25, 0.3) is 5.91 Å². The highest BCUT2D eigenvalue weighted by atomic mass is 16.5. The zero-order valence-electron chi connectivity index (χ0n) is 10.6. The van der Waals surface area contributed by atoms with Crippen LogP contribution in [0.4, 0.5) is 0 Å². The molecule has 2 rings (SSSR count). The number of nitrogens with one attached hydrogen (secondary N) is 2. The summed E-state index contributed by atoms with van der Waals surface area (Å²) < 4.78 is 4.91. The Labute approximate surface area is 110 Å². The number of carbonyl (C=O) groups is 2. The molecule has 0 saturated carbocycles. The molecule has 1 aliphatic rings. The number of phenolic OH excluding ortho intramolecular Hbond substituents is 1. The monoisotopic (exact) mass is 264 g/mol. The average molecular weight is 264 g/mol. The summed E-state index contributed by atoms with van der Waals surface area (Å²) in [6, 6.07) is 4.40. The molecule has 0 aromatic heterocycles. The van der Waals surface area contributed by atoms with E-state index in [4.69, 9.17) is 4.74 Å². The first-order valence-corrected chi connectivity index (χ1v) is 6.04. The molecule has 19 heavy (non-hydrogen) atoms. The van der Waals surface area contributed by atoms with Crippen molar-refractivity contribution in [3.8, 4) is 11.5 Å². The molecule has 0 radical (unpaired) electrons. The van der Waals surface area contributed by atoms with Gasteiger partial charge in [0.05, 0.1) is 7.11 Å². The van der Waals surface area contributed by atoms with Crippen molar-refractivity contribution in [2.75, 3.05) is 13.7 Å². The van der Waals surface area contributed by atoms with Crippen LogP contribution in [0.3, 0.4) is 0 Å². The molecule has 2 amide bonds. The quantitative estimate of drug-likeness (QED) is 0.738.